The molecule has 3 heteroatoms. The van der Waals surface area contributed by atoms with Crippen LogP contribution in [-0.2, 0) is 4.74 Å². The lowest BCUT2D eigenvalue weighted by Gasteiger charge is -2.38. The van der Waals surface area contributed by atoms with E-state index in [0.717, 1.165) is 30.8 Å². The number of benzene rings is 1. The Kier molecular flexibility index (Phi) is 3.40. The molecule has 3 nitrogen and oxygen atoms in total. The summed E-state index contributed by atoms with van der Waals surface area (Å²) in [6, 6.07) is 5.43. The second-order valence-electron chi connectivity index (χ2n) is 5.98. The molecule has 1 spiro atoms. The van der Waals surface area contributed by atoms with Crippen molar-refractivity contribution in [3.05, 3.63) is 23.8 Å². The standard InChI is InChI=1S/C16H22O3/c1-12-8-13(17)10-15(9-12)19-14-4-7-18-16(11-14)5-2-3-6-16/h8-10,14,17H,2-7,11H2,1H3. The van der Waals surface area contributed by atoms with Gasteiger partial charge in [-0.2, -0.15) is 0 Å². The Morgan fingerprint density at radius 1 is 1.26 bits per heavy atom. The topological polar surface area (TPSA) is 38.7 Å². The van der Waals surface area contributed by atoms with Crippen LogP contribution in [0.2, 0.25) is 0 Å². The van der Waals surface area contributed by atoms with Crippen molar-refractivity contribution < 1.29 is 14.6 Å². The van der Waals surface area contributed by atoms with E-state index in [1.807, 2.05) is 13.0 Å². The quantitative estimate of drug-likeness (QED) is 0.885. The van der Waals surface area contributed by atoms with Gasteiger partial charge >= 0.3 is 0 Å². The van der Waals surface area contributed by atoms with Gasteiger partial charge in [0, 0.05) is 18.9 Å². The molecule has 104 valence electrons. The SMILES string of the molecule is Cc1cc(O)cc(OC2CCOC3(CCCC3)C2)c1. The lowest BCUT2D eigenvalue weighted by molar-refractivity contribution is -0.108. The van der Waals surface area contributed by atoms with Crippen LogP contribution in [-0.4, -0.2) is 23.4 Å². The highest BCUT2D eigenvalue weighted by molar-refractivity contribution is 5.37. The first-order valence-corrected chi connectivity index (χ1v) is 7.27. The third-order valence-electron chi connectivity index (χ3n) is 4.30. The number of aryl methyl sites for hydroxylation is 1. The summed E-state index contributed by atoms with van der Waals surface area (Å²) >= 11 is 0. The highest BCUT2D eigenvalue weighted by atomic mass is 16.5. The first-order valence-electron chi connectivity index (χ1n) is 7.27. The monoisotopic (exact) mass is 262 g/mol. The lowest BCUT2D eigenvalue weighted by atomic mass is 9.90. The van der Waals surface area contributed by atoms with Crippen LogP contribution < -0.4 is 4.74 Å². The molecule has 1 unspecified atom stereocenters. The zero-order chi connectivity index (χ0) is 13.3. The van der Waals surface area contributed by atoms with Gasteiger partial charge in [-0.25, -0.2) is 0 Å². The van der Waals surface area contributed by atoms with Crippen molar-refractivity contribution in [2.75, 3.05) is 6.61 Å². The van der Waals surface area contributed by atoms with Crippen LogP contribution in [0.4, 0.5) is 0 Å². The summed E-state index contributed by atoms with van der Waals surface area (Å²) in [6.45, 7) is 2.76. The summed E-state index contributed by atoms with van der Waals surface area (Å²) in [7, 11) is 0. The number of ether oxygens (including phenoxy) is 2. The molecule has 2 aliphatic rings. The van der Waals surface area contributed by atoms with Gasteiger partial charge in [0.25, 0.3) is 0 Å². The van der Waals surface area contributed by atoms with Crippen LogP contribution in [0, 0.1) is 6.92 Å². The molecule has 1 N–H and O–H groups in total. The van der Waals surface area contributed by atoms with Crippen molar-refractivity contribution in [3.8, 4) is 11.5 Å². The van der Waals surface area contributed by atoms with E-state index in [2.05, 4.69) is 0 Å². The summed E-state index contributed by atoms with van der Waals surface area (Å²) in [5, 5.41) is 9.62. The molecule has 1 aliphatic heterocycles. The highest BCUT2D eigenvalue weighted by Crippen LogP contribution is 2.41. The van der Waals surface area contributed by atoms with Gasteiger partial charge in [0.2, 0.25) is 0 Å². The van der Waals surface area contributed by atoms with E-state index in [9.17, 15) is 5.11 Å². The molecule has 2 fully saturated rings. The van der Waals surface area contributed by atoms with Crippen LogP contribution in [0.1, 0.15) is 44.1 Å². The summed E-state index contributed by atoms with van der Waals surface area (Å²) in [6.07, 6.45) is 7.04. The summed E-state index contributed by atoms with van der Waals surface area (Å²) in [4.78, 5) is 0. The van der Waals surface area contributed by atoms with Crippen LogP contribution >= 0.6 is 0 Å². The maximum atomic E-state index is 9.62. The Hall–Kier alpha value is -1.22. The molecule has 0 aromatic heterocycles. The molecule has 0 amide bonds. The van der Waals surface area contributed by atoms with Crippen LogP contribution in [0.3, 0.4) is 0 Å². The molecule has 1 saturated heterocycles. The van der Waals surface area contributed by atoms with Gasteiger partial charge in [0.05, 0.1) is 12.2 Å². The van der Waals surface area contributed by atoms with Gasteiger partial charge in [-0.15, -0.1) is 0 Å². The Morgan fingerprint density at radius 2 is 2.05 bits per heavy atom. The fourth-order valence-electron chi connectivity index (χ4n) is 3.44. The van der Waals surface area contributed by atoms with E-state index in [0.29, 0.717) is 0 Å². The average molecular weight is 262 g/mol. The second-order valence-corrected chi connectivity index (χ2v) is 5.98. The Balaban J connectivity index is 1.69. The smallest absolute Gasteiger partial charge is 0.123 e. The predicted molar refractivity (Wildman–Crippen MR) is 73.6 cm³/mol. The van der Waals surface area contributed by atoms with Crippen molar-refractivity contribution in [1.29, 1.82) is 0 Å². The van der Waals surface area contributed by atoms with Gasteiger partial charge in [-0.3, -0.25) is 0 Å². The summed E-state index contributed by atoms with van der Waals surface area (Å²) in [5.41, 5.74) is 1.10. The highest BCUT2D eigenvalue weighted by Gasteiger charge is 2.40. The van der Waals surface area contributed by atoms with Crippen molar-refractivity contribution in [3.63, 3.8) is 0 Å². The third kappa shape index (κ3) is 2.86. The molecule has 0 radical (unpaired) electrons. The zero-order valence-electron chi connectivity index (χ0n) is 11.5. The van der Waals surface area contributed by atoms with E-state index in [-0.39, 0.29) is 17.5 Å². The van der Waals surface area contributed by atoms with Gasteiger partial charge in [-0.05, 0) is 37.5 Å². The third-order valence-corrected chi connectivity index (χ3v) is 4.30. The maximum Gasteiger partial charge on any atom is 0.123 e. The minimum Gasteiger partial charge on any atom is -0.508 e. The molecule has 19 heavy (non-hydrogen) atoms. The lowest BCUT2D eigenvalue weighted by Crippen LogP contribution is -2.41. The molecule has 3 rings (SSSR count). The maximum absolute atomic E-state index is 9.62. The van der Waals surface area contributed by atoms with E-state index < -0.39 is 0 Å². The fraction of sp³-hybridized carbons (Fsp3) is 0.625. The van der Waals surface area contributed by atoms with Gasteiger partial charge in [0.15, 0.2) is 0 Å². The number of aromatic hydroxyl groups is 1. The normalized spacial score (nSPS) is 25.6. The minimum absolute atomic E-state index is 0.0782. The van der Waals surface area contributed by atoms with Gasteiger partial charge in [0.1, 0.15) is 17.6 Å². The van der Waals surface area contributed by atoms with Crippen LogP contribution in [0.25, 0.3) is 0 Å². The van der Waals surface area contributed by atoms with Crippen molar-refractivity contribution in [2.24, 2.45) is 0 Å². The Bertz CT molecular complexity index is 429. The summed E-state index contributed by atoms with van der Waals surface area (Å²) < 4.78 is 12.1. The molecule has 1 aliphatic carbocycles. The Morgan fingerprint density at radius 3 is 2.79 bits per heavy atom. The fourth-order valence-corrected chi connectivity index (χ4v) is 3.44. The van der Waals surface area contributed by atoms with E-state index >= 15 is 0 Å². The molecule has 0 bridgehead atoms. The number of hydrogen-bond donors (Lipinski definition) is 1. The minimum atomic E-state index is 0.0782. The average Bonchev–Trinajstić information content (AvgIpc) is 2.76. The van der Waals surface area contributed by atoms with Crippen molar-refractivity contribution in [1.82, 2.24) is 0 Å². The first kappa shape index (κ1) is 12.8. The second kappa shape index (κ2) is 5.04. The largest absolute Gasteiger partial charge is 0.508 e. The summed E-state index contributed by atoms with van der Waals surface area (Å²) in [5.74, 6) is 1.05. The molecule has 1 saturated carbocycles. The van der Waals surface area contributed by atoms with E-state index in [1.165, 1.54) is 25.7 Å². The molecule has 1 aromatic carbocycles. The molecule has 1 aromatic rings. The molecular formula is C16H22O3. The van der Waals surface area contributed by atoms with E-state index in [1.54, 1.807) is 12.1 Å². The van der Waals surface area contributed by atoms with Crippen LogP contribution in [0.15, 0.2) is 18.2 Å². The molecule has 1 heterocycles. The first-order chi connectivity index (χ1) is 9.15. The van der Waals surface area contributed by atoms with Gasteiger partial charge < -0.3 is 14.6 Å². The zero-order valence-corrected chi connectivity index (χ0v) is 11.5. The predicted octanol–water partition coefficient (Wildman–Crippen LogP) is 3.57. The Labute approximate surface area is 114 Å². The van der Waals surface area contributed by atoms with Crippen molar-refractivity contribution >= 4 is 0 Å². The number of hydrogen-bond acceptors (Lipinski definition) is 3. The van der Waals surface area contributed by atoms with E-state index in [4.69, 9.17) is 9.47 Å². The van der Waals surface area contributed by atoms with Crippen molar-refractivity contribution in [2.45, 2.75) is 57.2 Å². The molecular weight excluding hydrogens is 240 g/mol. The number of phenols is 1. The number of phenolic OH excluding ortho intramolecular Hbond substituents is 1. The van der Waals surface area contributed by atoms with Gasteiger partial charge in [-0.1, -0.05) is 12.8 Å². The number of rotatable bonds is 2. The van der Waals surface area contributed by atoms with Crippen LogP contribution in [0.5, 0.6) is 11.5 Å². The molecule has 1 atom stereocenters.